The van der Waals surface area contributed by atoms with Crippen molar-refractivity contribution >= 4 is 23.0 Å². The summed E-state index contributed by atoms with van der Waals surface area (Å²) >= 11 is 0. The number of nitrogens with zero attached hydrogens (tertiary/aromatic N) is 2. The molecule has 0 radical (unpaired) electrons. The van der Waals surface area contributed by atoms with Gasteiger partial charge in [0.2, 0.25) is 5.69 Å². The van der Waals surface area contributed by atoms with Crippen LogP contribution < -0.4 is 5.56 Å². The second kappa shape index (κ2) is 9.33. The van der Waals surface area contributed by atoms with Crippen molar-refractivity contribution in [2.24, 2.45) is 5.92 Å². The van der Waals surface area contributed by atoms with E-state index in [2.05, 4.69) is 4.98 Å². The fourth-order valence-electron chi connectivity index (χ4n) is 2.80. The number of carboxylic acid groups (broad SMARTS) is 1. The minimum Gasteiger partial charge on any atom is -0.476 e. The number of aliphatic hydroxyl groups excluding tert-OH is 3. The van der Waals surface area contributed by atoms with Gasteiger partial charge >= 0.3 is 11.9 Å². The number of aromatic carboxylic acids is 1. The fraction of sp³-hybridized carbons (Fsp3) is 0.500. The van der Waals surface area contributed by atoms with Crippen LogP contribution in [-0.2, 0) is 16.1 Å². The minimum atomic E-state index is -1.75. The number of fused-ring (bicyclic) bond motifs is 1. The summed E-state index contributed by atoms with van der Waals surface area (Å²) in [6.07, 6.45) is -5.00. The quantitative estimate of drug-likeness (QED) is 0.429. The maximum atomic E-state index is 12.6. The molecule has 0 unspecified atom stereocenters. The van der Waals surface area contributed by atoms with E-state index in [1.807, 2.05) is 0 Å². The van der Waals surface area contributed by atoms with Crippen LogP contribution >= 0.6 is 0 Å². The van der Waals surface area contributed by atoms with Gasteiger partial charge in [-0.25, -0.2) is 9.78 Å². The van der Waals surface area contributed by atoms with Crippen LogP contribution in [0.1, 0.15) is 35.5 Å². The maximum absolute atomic E-state index is 12.6. The Balaban J connectivity index is 2.36. The van der Waals surface area contributed by atoms with Crippen LogP contribution in [0.3, 0.4) is 0 Å². The first-order valence-electron chi connectivity index (χ1n) is 9.40. The number of hydrogen-bond acceptors (Lipinski definition) is 8. The van der Waals surface area contributed by atoms with E-state index < -0.39 is 60.6 Å². The van der Waals surface area contributed by atoms with E-state index in [1.54, 1.807) is 39.8 Å². The Bertz CT molecular complexity index is 1010. The Morgan fingerprint density at radius 3 is 2.27 bits per heavy atom. The maximum Gasteiger partial charge on any atom is 0.360 e. The first kappa shape index (κ1) is 23.5. The lowest BCUT2D eigenvalue weighted by Crippen LogP contribution is -2.44. The zero-order chi connectivity index (χ0) is 22.7. The lowest BCUT2D eigenvalue weighted by atomic mass is 10.1. The molecular formula is C20H26N2O8. The average molecular weight is 422 g/mol. The predicted molar refractivity (Wildman–Crippen MR) is 106 cm³/mol. The van der Waals surface area contributed by atoms with Crippen molar-refractivity contribution in [1.29, 1.82) is 0 Å². The second-order valence-corrected chi connectivity index (χ2v) is 7.52. The second-order valence-electron chi connectivity index (χ2n) is 7.52. The molecule has 1 aromatic carbocycles. The molecule has 0 bridgehead atoms. The molecule has 10 heteroatoms. The van der Waals surface area contributed by atoms with Crippen LogP contribution in [-0.4, -0.2) is 66.8 Å². The smallest absolute Gasteiger partial charge is 0.360 e. The summed E-state index contributed by atoms with van der Waals surface area (Å²) in [5, 5.41) is 39.9. The molecule has 0 aliphatic rings. The van der Waals surface area contributed by atoms with Gasteiger partial charge in [-0.15, -0.1) is 0 Å². The Morgan fingerprint density at radius 1 is 1.10 bits per heavy atom. The highest BCUT2D eigenvalue weighted by atomic mass is 16.5. The summed E-state index contributed by atoms with van der Waals surface area (Å²) in [5.74, 6) is -2.53. The van der Waals surface area contributed by atoms with Crippen molar-refractivity contribution in [3.05, 3.63) is 39.3 Å². The highest BCUT2D eigenvalue weighted by Gasteiger charge is 2.28. The van der Waals surface area contributed by atoms with Gasteiger partial charge in [-0.1, -0.05) is 13.8 Å². The summed E-state index contributed by atoms with van der Waals surface area (Å²) in [5.41, 5.74) is 0.489. The van der Waals surface area contributed by atoms with Crippen LogP contribution in [0.15, 0.2) is 16.9 Å². The van der Waals surface area contributed by atoms with Crippen LogP contribution in [0, 0.1) is 19.8 Å². The van der Waals surface area contributed by atoms with Crippen molar-refractivity contribution in [2.45, 2.75) is 52.6 Å². The number of benzene rings is 1. The largest absolute Gasteiger partial charge is 0.476 e. The lowest BCUT2D eigenvalue weighted by molar-refractivity contribution is -0.155. The first-order chi connectivity index (χ1) is 13.9. The van der Waals surface area contributed by atoms with E-state index >= 15 is 0 Å². The van der Waals surface area contributed by atoms with Crippen LogP contribution in [0.5, 0.6) is 0 Å². The highest BCUT2D eigenvalue weighted by Crippen LogP contribution is 2.18. The third kappa shape index (κ3) is 5.02. The Labute approximate surface area is 172 Å². The summed E-state index contributed by atoms with van der Waals surface area (Å²) in [4.78, 5) is 39.5. The molecular weight excluding hydrogens is 396 g/mol. The van der Waals surface area contributed by atoms with Crippen molar-refractivity contribution in [1.82, 2.24) is 9.55 Å². The molecule has 2 rings (SSSR count). The number of aromatic nitrogens is 2. The van der Waals surface area contributed by atoms with Gasteiger partial charge in [0.05, 0.1) is 23.5 Å². The lowest BCUT2D eigenvalue weighted by Gasteiger charge is -2.24. The van der Waals surface area contributed by atoms with Gasteiger partial charge in [-0.05, 0) is 37.1 Å². The number of aliphatic hydroxyl groups is 3. The number of rotatable bonds is 8. The number of hydrogen-bond donors (Lipinski definition) is 4. The van der Waals surface area contributed by atoms with Crippen molar-refractivity contribution in [2.75, 3.05) is 6.61 Å². The summed E-state index contributed by atoms with van der Waals surface area (Å²) in [6, 6.07) is 3.25. The van der Waals surface area contributed by atoms with Crippen molar-refractivity contribution < 1.29 is 34.8 Å². The average Bonchev–Trinajstić information content (AvgIpc) is 2.68. The van der Waals surface area contributed by atoms with E-state index in [9.17, 15) is 34.8 Å². The van der Waals surface area contributed by atoms with Gasteiger partial charge in [0, 0.05) is 0 Å². The van der Waals surface area contributed by atoms with Crippen molar-refractivity contribution in [3.8, 4) is 0 Å². The molecule has 0 fully saturated rings. The van der Waals surface area contributed by atoms with Crippen LogP contribution in [0.2, 0.25) is 0 Å². The van der Waals surface area contributed by atoms with Crippen LogP contribution in [0.25, 0.3) is 11.0 Å². The third-order valence-electron chi connectivity index (χ3n) is 4.79. The molecule has 1 aromatic heterocycles. The van der Waals surface area contributed by atoms with E-state index in [4.69, 9.17) is 4.74 Å². The molecule has 0 saturated carbocycles. The normalized spacial score (nSPS) is 14.5. The Kier molecular flexibility index (Phi) is 7.30. The van der Waals surface area contributed by atoms with Gasteiger partial charge in [0.1, 0.15) is 24.9 Å². The third-order valence-corrected chi connectivity index (χ3v) is 4.79. The van der Waals surface area contributed by atoms with Gasteiger partial charge in [0.15, 0.2) is 0 Å². The molecule has 0 aliphatic heterocycles. The molecule has 0 spiro atoms. The molecule has 0 saturated heterocycles. The molecule has 30 heavy (non-hydrogen) atoms. The van der Waals surface area contributed by atoms with Gasteiger partial charge in [-0.2, -0.15) is 0 Å². The van der Waals surface area contributed by atoms with Gasteiger partial charge < -0.3 is 29.7 Å². The topological polar surface area (TPSA) is 159 Å². The molecule has 3 atom stereocenters. The van der Waals surface area contributed by atoms with E-state index in [1.165, 1.54) is 0 Å². The van der Waals surface area contributed by atoms with Crippen molar-refractivity contribution in [3.63, 3.8) is 0 Å². The fourth-order valence-corrected chi connectivity index (χ4v) is 2.80. The number of esters is 1. The predicted octanol–water partition coefficient (Wildman–Crippen LogP) is -0.00656. The first-order valence-corrected chi connectivity index (χ1v) is 9.40. The molecule has 2 aromatic rings. The number of ether oxygens (including phenoxy) is 1. The number of carbonyl (C=O) groups is 2. The summed E-state index contributed by atoms with van der Waals surface area (Å²) < 4.78 is 5.84. The number of aryl methyl sites for hydroxylation is 2. The molecule has 4 N–H and O–H groups in total. The van der Waals surface area contributed by atoms with E-state index in [-0.39, 0.29) is 11.0 Å². The highest BCUT2D eigenvalue weighted by molar-refractivity contribution is 5.88. The SMILES string of the molecule is Cc1cc2nc(C(=O)O)c(=O)n(C[C@H](O)[C@H](O)[C@H](O)COC(=O)C(C)C)c2cc1C. The zero-order valence-electron chi connectivity index (χ0n) is 17.2. The number of carbonyl (C=O) groups excluding carboxylic acids is 1. The monoisotopic (exact) mass is 422 g/mol. The van der Waals surface area contributed by atoms with E-state index in [0.717, 1.165) is 15.7 Å². The number of carboxylic acids is 1. The standard InChI is InChI=1S/C20H26N2O8/c1-9(2)20(29)30-8-15(24)17(25)14(23)7-22-13-6-11(4)10(3)5-12(13)21-16(18(22)26)19(27)28/h5-6,9,14-15,17,23-25H,7-8H2,1-4H3,(H,27,28)/t14-,15+,17-/m0/s1. The van der Waals surface area contributed by atoms with E-state index in [0.29, 0.717) is 0 Å². The zero-order valence-corrected chi connectivity index (χ0v) is 17.2. The molecule has 164 valence electrons. The molecule has 10 nitrogen and oxygen atoms in total. The van der Waals surface area contributed by atoms with Crippen LogP contribution in [0.4, 0.5) is 0 Å². The van der Waals surface area contributed by atoms with Gasteiger partial charge in [0.25, 0.3) is 5.56 Å². The summed E-state index contributed by atoms with van der Waals surface area (Å²) in [6.45, 7) is 5.76. The molecule has 1 heterocycles. The molecule has 0 amide bonds. The molecule has 0 aliphatic carbocycles. The Morgan fingerprint density at radius 2 is 1.70 bits per heavy atom. The Hall–Kier alpha value is -2.82. The minimum absolute atomic E-state index is 0.239. The van der Waals surface area contributed by atoms with Gasteiger partial charge in [-0.3, -0.25) is 9.59 Å². The summed E-state index contributed by atoms with van der Waals surface area (Å²) in [7, 11) is 0.